The second-order valence-corrected chi connectivity index (χ2v) is 15.7. The first-order chi connectivity index (χ1) is 18.0. The van der Waals surface area contributed by atoms with Crippen LogP contribution in [0.15, 0.2) is 72.8 Å². The Morgan fingerprint density at radius 1 is 0.730 bits per heavy atom. The van der Waals surface area contributed by atoms with Gasteiger partial charge in [-0.2, -0.15) is 0 Å². The van der Waals surface area contributed by atoms with Crippen molar-refractivity contribution in [3.8, 4) is 0 Å². The summed E-state index contributed by atoms with van der Waals surface area (Å²) in [7, 11) is -2.54. The van der Waals surface area contributed by atoms with E-state index in [-0.39, 0.29) is 11.1 Å². The Balaban J connectivity index is 2.19. The van der Waals surface area contributed by atoms with Gasteiger partial charge < -0.3 is 9.22 Å². The molecule has 0 N–H and O–H groups in total. The van der Waals surface area contributed by atoms with Crippen molar-refractivity contribution in [1.82, 2.24) is 0 Å². The van der Waals surface area contributed by atoms with Gasteiger partial charge in [0.1, 0.15) is 6.29 Å². The van der Waals surface area contributed by atoms with Gasteiger partial charge >= 0.3 is 0 Å². The normalized spacial score (nSPS) is 13.2. The molecule has 0 aliphatic heterocycles. The molecule has 2 aromatic rings. The molecule has 0 saturated carbocycles. The number of rotatable bonds is 19. The van der Waals surface area contributed by atoms with Crippen molar-refractivity contribution in [2.75, 3.05) is 0 Å². The van der Waals surface area contributed by atoms with Gasteiger partial charge in [-0.15, -0.1) is 0 Å². The first-order valence-corrected chi connectivity index (χ1v) is 16.7. The third-order valence-corrected chi connectivity index (χ3v) is 12.5. The summed E-state index contributed by atoms with van der Waals surface area (Å²) < 4.78 is 7.50. The van der Waals surface area contributed by atoms with E-state index in [2.05, 4.69) is 101 Å². The molecule has 0 spiro atoms. The van der Waals surface area contributed by atoms with E-state index >= 15 is 0 Å². The Bertz CT molecular complexity index is 830. The number of hydrogen-bond donors (Lipinski definition) is 0. The van der Waals surface area contributed by atoms with Gasteiger partial charge in [0.25, 0.3) is 8.32 Å². The fourth-order valence-electron chi connectivity index (χ4n) is 5.35. The van der Waals surface area contributed by atoms with Crippen LogP contribution in [0.5, 0.6) is 0 Å². The summed E-state index contributed by atoms with van der Waals surface area (Å²) in [5.41, 5.74) is 0. The van der Waals surface area contributed by atoms with Crippen molar-refractivity contribution >= 4 is 25.0 Å². The van der Waals surface area contributed by atoms with Crippen LogP contribution in [0.3, 0.4) is 0 Å². The Morgan fingerprint density at radius 3 is 1.81 bits per heavy atom. The van der Waals surface area contributed by atoms with Crippen LogP contribution in [0.25, 0.3) is 0 Å². The summed E-state index contributed by atoms with van der Waals surface area (Å²) in [6, 6.07) is 22.1. The van der Waals surface area contributed by atoms with Crippen LogP contribution in [0.4, 0.5) is 0 Å². The van der Waals surface area contributed by atoms with E-state index < -0.39 is 8.32 Å². The zero-order valence-electron chi connectivity index (χ0n) is 24.1. The molecule has 2 aromatic carbocycles. The Labute approximate surface area is 229 Å². The highest BCUT2D eigenvalue weighted by Gasteiger charge is 2.51. The van der Waals surface area contributed by atoms with Gasteiger partial charge in [-0.3, -0.25) is 0 Å². The van der Waals surface area contributed by atoms with E-state index in [9.17, 15) is 4.79 Å². The number of unbranched alkanes of at least 4 members (excludes halogenated alkanes) is 9. The minimum absolute atomic E-state index is 0.00490. The molecule has 37 heavy (non-hydrogen) atoms. The molecule has 2 rings (SSSR count). The lowest BCUT2D eigenvalue weighted by atomic mass is 10.1. The molecule has 1 atom stereocenters. The topological polar surface area (TPSA) is 26.3 Å². The highest BCUT2D eigenvalue weighted by molar-refractivity contribution is 6.99. The van der Waals surface area contributed by atoms with Crippen LogP contribution in [-0.2, 0) is 9.22 Å². The van der Waals surface area contributed by atoms with Crippen LogP contribution in [0.1, 0.15) is 111 Å². The molecule has 1 unspecified atom stereocenters. The zero-order valence-corrected chi connectivity index (χ0v) is 25.1. The molecule has 0 amide bonds. The summed E-state index contributed by atoms with van der Waals surface area (Å²) in [5.74, 6) is 0. The zero-order chi connectivity index (χ0) is 26.8. The molecule has 0 bridgehead atoms. The summed E-state index contributed by atoms with van der Waals surface area (Å²) in [5, 5.41) is 2.74. The molecule has 204 valence electrons. The van der Waals surface area contributed by atoms with Gasteiger partial charge in [0.05, 0.1) is 0 Å². The van der Waals surface area contributed by atoms with Crippen LogP contribution < -0.4 is 10.4 Å². The maximum absolute atomic E-state index is 10.5. The fourth-order valence-corrected chi connectivity index (χ4v) is 10.1. The van der Waals surface area contributed by atoms with E-state index in [1.807, 2.05) is 0 Å². The van der Waals surface area contributed by atoms with E-state index in [0.29, 0.717) is 6.42 Å². The van der Waals surface area contributed by atoms with Crippen molar-refractivity contribution < 1.29 is 9.22 Å². The largest absolute Gasteiger partial charge is 0.404 e. The Hall–Kier alpha value is -1.97. The lowest BCUT2D eigenvalue weighted by Crippen LogP contribution is -2.67. The maximum Gasteiger partial charge on any atom is 0.261 e. The molecule has 0 heterocycles. The number of carbonyl (C=O) groups is 1. The van der Waals surface area contributed by atoms with Gasteiger partial charge in [0.2, 0.25) is 0 Å². The predicted octanol–water partition coefficient (Wildman–Crippen LogP) is 8.78. The SMILES string of the molecule is CCCCCCC(C/C=C/CCCCCCCC=O)O[Si](c1ccccc1)(c1ccccc1)C(C)(C)C. The third-order valence-electron chi connectivity index (χ3n) is 7.40. The van der Waals surface area contributed by atoms with Gasteiger partial charge in [-0.25, -0.2) is 0 Å². The lowest BCUT2D eigenvalue weighted by molar-refractivity contribution is -0.107. The number of aldehydes is 1. The summed E-state index contributed by atoms with van der Waals surface area (Å²) in [4.78, 5) is 10.5. The minimum atomic E-state index is -2.54. The highest BCUT2D eigenvalue weighted by atomic mass is 28.4. The molecular weight excluding hydrogens is 468 g/mol. The summed E-state index contributed by atoms with van der Waals surface area (Å²) in [6.45, 7) is 9.40. The number of allylic oxidation sites excluding steroid dienone is 1. The van der Waals surface area contributed by atoms with Crippen LogP contribution in [0.2, 0.25) is 5.04 Å². The smallest absolute Gasteiger partial charge is 0.261 e. The van der Waals surface area contributed by atoms with Crippen molar-refractivity contribution in [2.45, 2.75) is 122 Å². The average molecular weight is 521 g/mol. The molecule has 2 nitrogen and oxygen atoms in total. The number of benzene rings is 2. The van der Waals surface area contributed by atoms with Crippen molar-refractivity contribution in [3.05, 3.63) is 72.8 Å². The van der Waals surface area contributed by atoms with Crippen molar-refractivity contribution in [2.24, 2.45) is 0 Å². The monoisotopic (exact) mass is 520 g/mol. The van der Waals surface area contributed by atoms with Gasteiger partial charge in [0, 0.05) is 12.5 Å². The van der Waals surface area contributed by atoms with Gasteiger partial charge in [-0.05, 0) is 47.5 Å². The van der Waals surface area contributed by atoms with Crippen LogP contribution in [-0.4, -0.2) is 20.7 Å². The predicted molar refractivity (Wildman–Crippen MR) is 163 cm³/mol. The van der Waals surface area contributed by atoms with Gasteiger partial charge in [0.15, 0.2) is 0 Å². The van der Waals surface area contributed by atoms with E-state index in [4.69, 9.17) is 4.43 Å². The highest BCUT2D eigenvalue weighted by Crippen LogP contribution is 2.38. The van der Waals surface area contributed by atoms with Crippen LogP contribution >= 0.6 is 0 Å². The molecule has 0 fully saturated rings. The summed E-state index contributed by atoms with van der Waals surface area (Å²) in [6.07, 6.45) is 21.0. The summed E-state index contributed by atoms with van der Waals surface area (Å²) >= 11 is 0. The molecule has 0 aliphatic rings. The van der Waals surface area contributed by atoms with E-state index in [0.717, 1.165) is 32.0 Å². The standard InChI is InChI=1S/C34H52O2Si/c1-5-6-7-17-24-31(25-18-13-11-9-8-10-12-14-23-30-35)36-37(34(2,3)4,32-26-19-15-20-27-32)33-28-21-16-22-29-33/h13,15-16,18-22,26-31H,5-12,14,17,23-25H2,1-4H3/b18-13+. The number of carbonyl (C=O) groups excluding carboxylic acids is 1. The second-order valence-electron chi connectivity index (χ2n) is 11.5. The molecule has 0 aliphatic carbocycles. The molecular formula is C34H52O2Si. The Kier molecular flexibility index (Phi) is 14.8. The first kappa shape index (κ1) is 31.2. The fraction of sp³-hybridized carbons (Fsp3) is 0.559. The van der Waals surface area contributed by atoms with E-state index in [1.54, 1.807) is 0 Å². The number of hydrogen-bond acceptors (Lipinski definition) is 2. The third kappa shape index (κ3) is 10.4. The van der Waals surface area contributed by atoms with Crippen molar-refractivity contribution in [3.63, 3.8) is 0 Å². The van der Waals surface area contributed by atoms with Crippen molar-refractivity contribution in [1.29, 1.82) is 0 Å². The lowest BCUT2D eigenvalue weighted by Gasteiger charge is -2.45. The van der Waals surface area contributed by atoms with E-state index in [1.165, 1.54) is 61.7 Å². The second kappa shape index (κ2) is 17.5. The van der Waals surface area contributed by atoms with Gasteiger partial charge in [-0.1, -0.05) is 145 Å². The molecule has 0 radical (unpaired) electrons. The molecule has 0 saturated heterocycles. The van der Waals surface area contributed by atoms with Crippen LogP contribution in [0, 0.1) is 0 Å². The average Bonchev–Trinajstić information content (AvgIpc) is 2.90. The minimum Gasteiger partial charge on any atom is -0.404 e. The maximum atomic E-state index is 10.5. The molecule has 3 heteroatoms. The Morgan fingerprint density at radius 2 is 1.27 bits per heavy atom. The first-order valence-electron chi connectivity index (χ1n) is 14.8. The quantitative estimate of drug-likeness (QED) is 0.0800. The molecule has 0 aromatic heterocycles.